The van der Waals surface area contributed by atoms with Crippen LogP contribution in [0.5, 0.6) is 0 Å². The van der Waals surface area contributed by atoms with Crippen molar-refractivity contribution in [2.75, 3.05) is 11.9 Å². The second kappa shape index (κ2) is 5.43. The number of rotatable bonds is 3. The predicted octanol–water partition coefficient (Wildman–Crippen LogP) is 2.81. The molecule has 1 fully saturated rings. The van der Waals surface area contributed by atoms with Gasteiger partial charge in [-0.25, -0.2) is 9.97 Å². The first-order valence-corrected chi connectivity index (χ1v) is 7.81. The number of aryl methyl sites for hydroxylation is 1. The Morgan fingerprint density at radius 1 is 1.47 bits per heavy atom. The van der Waals surface area contributed by atoms with E-state index in [-0.39, 0.29) is 0 Å². The van der Waals surface area contributed by atoms with E-state index in [1.165, 1.54) is 10.3 Å². The van der Waals surface area contributed by atoms with Crippen LogP contribution in [0.4, 0.5) is 5.82 Å². The van der Waals surface area contributed by atoms with E-state index < -0.39 is 0 Å². The van der Waals surface area contributed by atoms with E-state index in [0.717, 1.165) is 36.5 Å². The largest absolute Gasteiger partial charge is 0.367 e. The van der Waals surface area contributed by atoms with Crippen molar-refractivity contribution in [3.63, 3.8) is 0 Å². The van der Waals surface area contributed by atoms with E-state index in [0.29, 0.717) is 12.1 Å². The molecule has 4 nitrogen and oxygen atoms in total. The summed E-state index contributed by atoms with van der Waals surface area (Å²) in [7, 11) is 0. The fraction of sp³-hybridized carbons (Fsp3) is 0.571. The zero-order valence-corrected chi connectivity index (χ0v) is 12.3. The van der Waals surface area contributed by atoms with Crippen molar-refractivity contribution < 1.29 is 0 Å². The van der Waals surface area contributed by atoms with Gasteiger partial charge in [-0.2, -0.15) is 0 Å². The van der Waals surface area contributed by atoms with Gasteiger partial charge in [-0.3, -0.25) is 0 Å². The number of hydrogen-bond donors (Lipinski definition) is 2. The zero-order chi connectivity index (χ0) is 13.2. The fourth-order valence-electron chi connectivity index (χ4n) is 2.65. The maximum atomic E-state index is 4.44. The topological polar surface area (TPSA) is 49.8 Å². The van der Waals surface area contributed by atoms with Crippen molar-refractivity contribution in [1.82, 2.24) is 15.3 Å². The molecule has 1 saturated heterocycles. The van der Waals surface area contributed by atoms with Crippen LogP contribution in [0.15, 0.2) is 12.4 Å². The highest BCUT2D eigenvalue weighted by atomic mass is 32.1. The van der Waals surface area contributed by atoms with Crippen molar-refractivity contribution in [3.05, 3.63) is 17.3 Å². The first-order chi connectivity index (χ1) is 9.26. The highest BCUT2D eigenvalue weighted by molar-refractivity contribution is 7.18. The molecule has 0 aliphatic carbocycles. The molecule has 2 aromatic rings. The minimum atomic E-state index is 0.513. The van der Waals surface area contributed by atoms with Crippen molar-refractivity contribution >= 4 is 27.4 Å². The summed E-state index contributed by atoms with van der Waals surface area (Å²) in [6, 6.07) is 3.32. The van der Waals surface area contributed by atoms with Crippen LogP contribution in [-0.4, -0.2) is 28.6 Å². The van der Waals surface area contributed by atoms with Gasteiger partial charge in [0.15, 0.2) is 0 Å². The van der Waals surface area contributed by atoms with Crippen molar-refractivity contribution in [2.24, 2.45) is 0 Å². The van der Waals surface area contributed by atoms with E-state index in [4.69, 9.17) is 0 Å². The average Bonchev–Trinajstić information content (AvgIpc) is 2.83. The number of hydrogen-bond acceptors (Lipinski definition) is 5. The number of nitrogens with zero attached hydrogens (tertiary/aromatic N) is 2. The van der Waals surface area contributed by atoms with Gasteiger partial charge < -0.3 is 10.6 Å². The van der Waals surface area contributed by atoms with E-state index >= 15 is 0 Å². The van der Waals surface area contributed by atoms with Crippen molar-refractivity contribution in [2.45, 2.75) is 45.2 Å². The third kappa shape index (κ3) is 2.72. The standard InChI is InChI=1S/C14H20N4S/c1-3-11-7-12-13(16-8-17-14(12)19-11)18-10-4-5-15-9(2)6-10/h7-10,15H,3-6H2,1-2H3,(H,16,17,18). The first kappa shape index (κ1) is 12.8. The van der Waals surface area contributed by atoms with Crippen LogP contribution in [0.3, 0.4) is 0 Å². The first-order valence-electron chi connectivity index (χ1n) is 6.99. The molecule has 0 saturated carbocycles. The summed E-state index contributed by atoms with van der Waals surface area (Å²) in [6.45, 7) is 5.50. The number of fused-ring (bicyclic) bond motifs is 1. The molecular formula is C14H20N4S. The van der Waals surface area contributed by atoms with Gasteiger partial charge >= 0.3 is 0 Å². The minimum Gasteiger partial charge on any atom is -0.367 e. The molecule has 5 heteroatoms. The Kier molecular flexibility index (Phi) is 3.66. The van der Waals surface area contributed by atoms with Gasteiger partial charge in [0.05, 0.1) is 5.39 Å². The lowest BCUT2D eigenvalue weighted by Gasteiger charge is -2.29. The summed E-state index contributed by atoms with van der Waals surface area (Å²) in [5, 5.41) is 8.26. The van der Waals surface area contributed by atoms with Gasteiger partial charge in [0.1, 0.15) is 17.0 Å². The molecule has 102 valence electrons. The van der Waals surface area contributed by atoms with Gasteiger partial charge in [-0.1, -0.05) is 6.92 Å². The third-order valence-electron chi connectivity index (χ3n) is 3.69. The average molecular weight is 276 g/mol. The number of nitrogens with one attached hydrogen (secondary N) is 2. The minimum absolute atomic E-state index is 0.513. The second-order valence-corrected chi connectivity index (χ2v) is 6.34. The van der Waals surface area contributed by atoms with Crippen LogP contribution in [0, 0.1) is 0 Å². The van der Waals surface area contributed by atoms with E-state index in [1.807, 2.05) is 0 Å². The maximum absolute atomic E-state index is 4.44. The molecular weight excluding hydrogens is 256 g/mol. The van der Waals surface area contributed by atoms with Gasteiger partial charge in [0.2, 0.25) is 0 Å². The summed E-state index contributed by atoms with van der Waals surface area (Å²) in [4.78, 5) is 11.3. The summed E-state index contributed by atoms with van der Waals surface area (Å²) in [5.41, 5.74) is 0. The summed E-state index contributed by atoms with van der Waals surface area (Å²) >= 11 is 1.77. The lowest BCUT2D eigenvalue weighted by atomic mass is 10.0. The molecule has 0 amide bonds. The summed E-state index contributed by atoms with van der Waals surface area (Å²) in [5.74, 6) is 1.00. The Balaban J connectivity index is 1.85. The maximum Gasteiger partial charge on any atom is 0.138 e. The summed E-state index contributed by atoms with van der Waals surface area (Å²) < 4.78 is 0. The lowest BCUT2D eigenvalue weighted by molar-refractivity contribution is 0.396. The number of piperidine rings is 1. The van der Waals surface area contributed by atoms with Crippen LogP contribution in [0.25, 0.3) is 10.2 Å². The molecule has 19 heavy (non-hydrogen) atoms. The van der Waals surface area contributed by atoms with Gasteiger partial charge in [0.25, 0.3) is 0 Å². The fourth-order valence-corrected chi connectivity index (χ4v) is 3.59. The molecule has 1 aliphatic heterocycles. The monoisotopic (exact) mass is 276 g/mol. The Hall–Kier alpha value is -1.20. The van der Waals surface area contributed by atoms with Gasteiger partial charge in [0, 0.05) is 17.0 Å². The van der Waals surface area contributed by atoms with Crippen molar-refractivity contribution in [3.8, 4) is 0 Å². The molecule has 0 aromatic carbocycles. The third-order valence-corrected chi connectivity index (χ3v) is 4.88. The number of aromatic nitrogens is 2. The van der Waals surface area contributed by atoms with Crippen LogP contribution in [0.2, 0.25) is 0 Å². The molecule has 2 aromatic heterocycles. The highest BCUT2D eigenvalue weighted by Gasteiger charge is 2.19. The Labute approximate surface area is 117 Å². The molecule has 0 radical (unpaired) electrons. The number of anilines is 1. The van der Waals surface area contributed by atoms with Crippen LogP contribution >= 0.6 is 11.3 Å². The molecule has 1 aliphatic rings. The molecule has 0 bridgehead atoms. The molecule has 2 unspecified atom stereocenters. The van der Waals surface area contributed by atoms with Crippen LogP contribution < -0.4 is 10.6 Å². The van der Waals surface area contributed by atoms with Gasteiger partial charge in [-0.05, 0) is 38.8 Å². The molecule has 2 atom stereocenters. The molecule has 2 N–H and O–H groups in total. The smallest absolute Gasteiger partial charge is 0.138 e. The SMILES string of the molecule is CCc1cc2c(NC3CCNC(C)C3)ncnc2s1. The Morgan fingerprint density at radius 2 is 2.37 bits per heavy atom. The summed E-state index contributed by atoms with van der Waals surface area (Å²) in [6.07, 6.45) is 5.03. The van der Waals surface area contributed by atoms with Crippen molar-refractivity contribution in [1.29, 1.82) is 0 Å². The van der Waals surface area contributed by atoms with Crippen LogP contribution in [0.1, 0.15) is 31.6 Å². The van der Waals surface area contributed by atoms with E-state index in [9.17, 15) is 0 Å². The highest BCUT2D eigenvalue weighted by Crippen LogP contribution is 2.29. The van der Waals surface area contributed by atoms with Crippen LogP contribution in [-0.2, 0) is 6.42 Å². The normalized spacial score (nSPS) is 23.7. The quantitative estimate of drug-likeness (QED) is 0.905. The van der Waals surface area contributed by atoms with E-state index in [1.54, 1.807) is 17.7 Å². The lowest BCUT2D eigenvalue weighted by Crippen LogP contribution is -2.41. The van der Waals surface area contributed by atoms with E-state index in [2.05, 4.69) is 40.5 Å². The van der Waals surface area contributed by atoms with Gasteiger partial charge in [-0.15, -0.1) is 11.3 Å². The second-order valence-electron chi connectivity index (χ2n) is 5.23. The molecule has 3 heterocycles. The predicted molar refractivity (Wildman–Crippen MR) is 80.9 cm³/mol. The Morgan fingerprint density at radius 3 is 3.16 bits per heavy atom. The number of thiophene rings is 1. The zero-order valence-electron chi connectivity index (χ0n) is 11.4. The Bertz CT molecular complexity index is 566. The molecule has 0 spiro atoms. The molecule has 3 rings (SSSR count).